The molecule has 1 aromatic heterocycles. The molecule has 30 heavy (non-hydrogen) atoms. The third-order valence-corrected chi connectivity index (χ3v) is 6.02. The SMILES string of the molecule is CCC1CCc2c(sc(NC(=O)C(F)(F)C(F)(F)C(F)(F)C(F)(F)F)c2C(N)=O)C1. The van der Waals surface area contributed by atoms with Crippen LogP contribution in [-0.4, -0.2) is 35.8 Å². The van der Waals surface area contributed by atoms with E-state index in [1.54, 1.807) is 0 Å². The van der Waals surface area contributed by atoms with Crippen LogP contribution in [0.4, 0.5) is 44.5 Å². The van der Waals surface area contributed by atoms with Crippen molar-refractivity contribution in [2.75, 3.05) is 5.32 Å². The maximum absolute atomic E-state index is 13.8. The van der Waals surface area contributed by atoms with E-state index < -0.39 is 46.3 Å². The van der Waals surface area contributed by atoms with Crippen molar-refractivity contribution >= 4 is 28.2 Å². The summed E-state index contributed by atoms with van der Waals surface area (Å²) in [5, 5.41) is 0.492. The molecule has 1 aromatic rings. The molecule has 0 saturated carbocycles. The largest absolute Gasteiger partial charge is 0.460 e. The topological polar surface area (TPSA) is 72.2 Å². The summed E-state index contributed by atoms with van der Waals surface area (Å²) in [5.74, 6) is -24.9. The Balaban J connectivity index is 2.42. The number of nitrogens with one attached hydrogen (secondary N) is 1. The van der Waals surface area contributed by atoms with Gasteiger partial charge in [0.15, 0.2) is 0 Å². The molecule has 170 valence electrons. The molecule has 3 N–H and O–H groups in total. The number of hydrogen-bond donors (Lipinski definition) is 2. The monoisotopic (exact) mass is 470 g/mol. The molecule has 0 fully saturated rings. The van der Waals surface area contributed by atoms with Gasteiger partial charge in [-0.3, -0.25) is 9.59 Å². The fourth-order valence-corrected chi connectivity index (χ4v) is 4.41. The average Bonchev–Trinajstić information content (AvgIpc) is 2.97. The summed E-state index contributed by atoms with van der Waals surface area (Å²) in [4.78, 5) is 23.8. The number of primary amides is 1. The van der Waals surface area contributed by atoms with Gasteiger partial charge in [0, 0.05) is 4.88 Å². The van der Waals surface area contributed by atoms with Crippen LogP contribution in [0, 0.1) is 5.92 Å². The van der Waals surface area contributed by atoms with Gasteiger partial charge >= 0.3 is 29.9 Å². The molecule has 1 aliphatic carbocycles. The molecule has 0 radical (unpaired) electrons. The summed E-state index contributed by atoms with van der Waals surface area (Å²) < 4.78 is 117. The zero-order chi connectivity index (χ0) is 23.3. The van der Waals surface area contributed by atoms with Crippen LogP contribution in [0.2, 0.25) is 0 Å². The number of fused-ring (bicyclic) bond motifs is 1. The quantitative estimate of drug-likeness (QED) is 0.588. The summed E-state index contributed by atoms with van der Waals surface area (Å²) in [6.45, 7) is 1.87. The molecular weight excluding hydrogens is 455 g/mol. The van der Waals surface area contributed by atoms with Crippen molar-refractivity contribution < 1.29 is 49.1 Å². The van der Waals surface area contributed by atoms with Crippen LogP contribution in [0.25, 0.3) is 0 Å². The number of carbonyl (C=O) groups is 2. The first kappa shape index (κ1) is 24.3. The lowest BCUT2D eigenvalue weighted by atomic mass is 9.85. The second-order valence-corrected chi connectivity index (χ2v) is 7.87. The Morgan fingerprint density at radius 2 is 1.63 bits per heavy atom. The highest BCUT2D eigenvalue weighted by Gasteiger charge is 2.83. The van der Waals surface area contributed by atoms with Crippen LogP contribution in [0.5, 0.6) is 0 Å². The highest BCUT2D eigenvalue weighted by Crippen LogP contribution is 2.53. The third-order valence-electron chi connectivity index (χ3n) is 4.85. The zero-order valence-electron chi connectivity index (χ0n) is 15.1. The van der Waals surface area contributed by atoms with E-state index in [2.05, 4.69) is 0 Å². The lowest BCUT2D eigenvalue weighted by molar-refractivity contribution is -0.388. The van der Waals surface area contributed by atoms with Crippen molar-refractivity contribution in [3.05, 3.63) is 16.0 Å². The van der Waals surface area contributed by atoms with E-state index >= 15 is 0 Å². The second-order valence-electron chi connectivity index (χ2n) is 6.76. The van der Waals surface area contributed by atoms with Gasteiger partial charge in [0.25, 0.3) is 5.91 Å². The lowest BCUT2D eigenvalue weighted by Gasteiger charge is -2.32. The van der Waals surface area contributed by atoms with Gasteiger partial charge in [0.2, 0.25) is 0 Å². The number of alkyl halides is 9. The standard InChI is InChI=1S/C16H15F9N2O2S/c1-2-6-3-4-7-8(5-6)30-11(9(7)10(26)28)27-12(29)13(17,18)14(19,20)15(21,22)16(23,24)25/h6H,2-5H2,1H3,(H2,26,28)(H,27,29). The molecule has 4 nitrogen and oxygen atoms in total. The molecule has 2 amide bonds. The lowest BCUT2D eigenvalue weighted by Crippen LogP contribution is -2.64. The molecule has 0 aliphatic heterocycles. The van der Waals surface area contributed by atoms with E-state index in [9.17, 15) is 49.1 Å². The minimum absolute atomic E-state index is 0.150. The third kappa shape index (κ3) is 3.73. The Morgan fingerprint density at radius 1 is 1.07 bits per heavy atom. The first-order valence-corrected chi connectivity index (χ1v) is 9.26. The van der Waals surface area contributed by atoms with Crippen molar-refractivity contribution in [1.82, 2.24) is 0 Å². The van der Waals surface area contributed by atoms with Gasteiger partial charge in [0.05, 0.1) is 5.56 Å². The first-order valence-electron chi connectivity index (χ1n) is 8.44. The molecule has 14 heteroatoms. The van der Waals surface area contributed by atoms with E-state index in [0.29, 0.717) is 34.6 Å². The second kappa shape index (κ2) is 7.61. The Labute approximate surface area is 167 Å². The molecule has 0 bridgehead atoms. The number of anilines is 1. The number of thiophene rings is 1. The minimum atomic E-state index is -7.20. The molecule has 1 heterocycles. The Kier molecular flexibility index (Phi) is 6.16. The normalized spacial score (nSPS) is 18.1. The van der Waals surface area contributed by atoms with Gasteiger partial charge < -0.3 is 11.1 Å². The number of halogens is 9. The maximum atomic E-state index is 13.8. The van der Waals surface area contributed by atoms with Crippen molar-refractivity contribution in [3.63, 3.8) is 0 Å². The molecule has 0 aromatic carbocycles. The summed E-state index contributed by atoms with van der Waals surface area (Å²) >= 11 is 0.557. The molecule has 1 aliphatic rings. The number of carbonyl (C=O) groups excluding carboxylic acids is 2. The number of rotatable bonds is 6. The van der Waals surface area contributed by atoms with Crippen LogP contribution < -0.4 is 11.1 Å². The summed E-state index contributed by atoms with van der Waals surface area (Å²) in [6, 6.07) is 0. The number of amides is 2. The Bertz CT molecular complexity index is 849. The van der Waals surface area contributed by atoms with E-state index in [0.717, 1.165) is 6.42 Å². The smallest absolute Gasteiger partial charge is 0.365 e. The van der Waals surface area contributed by atoms with Crippen LogP contribution in [-0.2, 0) is 17.6 Å². The van der Waals surface area contributed by atoms with Crippen molar-refractivity contribution in [3.8, 4) is 0 Å². The predicted octanol–water partition coefficient (Wildman–Crippen LogP) is 4.77. The highest BCUT2D eigenvalue weighted by molar-refractivity contribution is 7.17. The molecule has 0 spiro atoms. The summed E-state index contributed by atoms with van der Waals surface area (Å²) in [5.41, 5.74) is 5.00. The van der Waals surface area contributed by atoms with E-state index in [1.165, 1.54) is 5.32 Å². The zero-order valence-corrected chi connectivity index (χ0v) is 15.9. The van der Waals surface area contributed by atoms with Gasteiger partial charge in [-0.15, -0.1) is 11.3 Å². The Morgan fingerprint density at radius 3 is 2.10 bits per heavy atom. The molecular formula is C16H15F9N2O2S. The van der Waals surface area contributed by atoms with E-state index in [-0.39, 0.29) is 12.3 Å². The van der Waals surface area contributed by atoms with Crippen LogP contribution in [0.1, 0.15) is 40.6 Å². The van der Waals surface area contributed by atoms with Gasteiger partial charge in [-0.2, -0.15) is 39.5 Å². The van der Waals surface area contributed by atoms with E-state index in [1.807, 2.05) is 6.92 Å². The van der Waals surface area contributed by atoms with Crippen LogP contribution in [0.3, 0.4) is 0 Å². The number of nitrogens with two attached hydrogens (primary N) is 1. The minimum Gasteiger partial charge on any atom is -0.365 e. The van der Waals surface area contributed by atoms with Crippen molar-refractivity contribution in [1.29, 1.82) is 0 Å². The highest BCUT2D eigenvalue weighted by atomic mass is 32.1. The van der Waals surface area contributed by atoms with Gasteiger partial charge in [-0.05, 0) is 30.7 Å². The van der Waals surface area contributed by atoms with Gasteiger partial charge in [-0.1, -0.05) is 13.3 Å². The maximum Gasteiger partial charge on any atom is 0.460 e. The first-order chi connectivity index (χ1) is 13.5. The molecule has 1 atom stereocenters. The molecule has 1 unspecified atom stereocenters. The van der Waals surface area contributed by atoms with Crippen molar-refractivity contribution in [2.24, 2.45) is 11.7 Å². The van der Waals surface area contributed by atoms with E-state index in [4.69, 9.17) is 5.73 Å². The van der Waals surface area contributed by atoms with Crippen LogP contribution in [0.15, 0.2) is 0 Å². The van der Waals surface area contributed by atoms with Crippen molar-refractivity contribution in [2.45, 2.75) is 56.6 Å². The fourth-order valence-electron chi connectivity index (χ4n) is 3.05. The Hall–Kier alpha value is -1.99. The molecule has 0 saturated heterocycles. The number of hydrogen-bond acceptors (Lipinski definition) is 3. The fraction of sp³-hybridized carbons (Fsp3) is 0.625. The van der Waals surface area contributed by atoms with Crippen LogP contribution >= 0.6 is 11.3 Å². The summed E-state index contributed by atoms with van der Waals surface area (Å²) in [7, 11) is 0. The molecule has 2 rings (SSSR count). The van der Waals surface area contributed by atoms with Gasteiger partial charge in [-0.25, -0.2) is 0 Å². The average molecular weight is 470 g/mol. The predicted molar refractivity (Wildman–Crippen MR) is 88.2 cm³/mol. The van der Waals surface area contributed by atoms with Gasteiger partial charge in [0.1, 0.15) is 5.00 Å². The summed E-state index contributed by atoms with van der Waals surface area (Å²) in [6.07, 6.45) is -5.11.